The summed E-state index contributed by atoms with van der Waals surface area (Å²) in [6.45, 7) is -5.37. The van der Waals surface area contributed by atoms with E-state index in [4.69, 9.17) is 0 Å². The molecule has 0 nitrogen and oxygen atoms in total. The van der Waals surface area contributed by atoms with E-state index >= 15 is 0 Å². The summed E-state index contributed by atoms with van der Waals surface area (Å²) in [6.07, 6.45) is -0.331. The fraction of sp³-hybridized carbons (Fsp3) is 1.00. The average Bonchev–Trinajstić information content (AvgIpc) is 2.60. The van der Waals surface area contributed by atoms with Crippen LogP contribution in [0.4, 0.5) is 21.7 Å². The van der Waals surface area contributed by atoms with E-state index in [9.17, 15) is 21.7 Å². The first-order valence-corrected chi connectivity index (χ1v) is 3.88. The molecule has 0 heterocycles. The van der Waals surface area contributed by atoms with Crippen molar-refractivity contribution in [2.45, 2.75) is 30.5 Å². The minimum absolute atomic E-state index is 0. The van der Waals surface area contributed by atoms with Gasteiger partial charge in [0.25, 0.3) is 0 Å². The standard InChI is InChI=1S/C6H7BF5.K/c8-6(9)3-5(6,4-1-2-4)7(10,11)12;/h4H,1-3H2;/q-1;+1. The number of alkyl halides is 2. The van der Waals surface area contributed by atoms with Gasteiger partial charge in [-0.2, -0.15) is 0 Å². The first kappa shape index (κ1) is 12.4. The van der Waals surface area contributed by atoms with Crippen molar-refractivity contribution in [1.82, 2.24) is 0 Å². The molecule has 0 aromatic rings. The molecule has 1 unspecified atom stereocenters. The molecule has 7 heteroatoms. The Morgan fingerprint density at radius 2 is 1.46 bits per heavy atom. The molecule has 2 aliphatic carbocycles. The van der Waals surface area contributed by atoms with Crippen LogP contribution in [0.15, 0.2) is 0 Å². The van der Waals surface area contributed by atoms with Crippen LogP contribution in [-0.4, -0.2) is 12.9 Å². The van der Waals surface area contributed by atoms with E-state index in [1.54, 1.807) is 0 Å². The van der Waals surface area contributed by atoms with Crippen molar-refractivity contribution >= 4 is 6.98 Å². The van der Waals surface area contributed by atoms with E-state index in [-0.39, 0.29) is 51.4 Å². The van der Waals surface area contributed by atoms with E-state index in [0.717, 1.165) is 0 Å². The largest absolute Gasteiger partial charge is 1.00 e. The van der Waals surface area contributed by atoms with Gasteiger partial charge in [0.1, 0.15) is 0 Å². The molecule has 0 amide bonds. The van der Waals surface area contributed by atoms with E-state index in [1.165, 1.54) is 0 Å². The zero-order valence-corrected chi connectivity index (χ0v) is 10.3. The Morgan fingerprint density at radius 3 is 1.54 bits per heavy atom. The maximum absolute atomic E-state index is 12.5. The first-order valence-electron chi connectivity index (χ1n) is 3.88. The van der Waals surface area contributed by atoms with Crippen molar-refractivity contribution in [3.8, 4) is 0 Å². The van der Waals surface area contributed by atoms with E-state index < -0.39 is 30.6 Å². The van der Waals surface area contributed by atoms with Gasteiger partial charge >= 0.3 is 58.4 Å². The van der Waals surface area contributed by atoms with Gasteiger partial charge in [0.15, 0.2) is 0 Å². The van der Waals surface area contributed by atoms with Gasteiger partial charge in [0, 0.05) is 5.31 Å². The summed E-state index contributed by atoms with van der Waals surface area (Å²) in [5.41, 5.74) is 0. The Labute approximate surface area is 115 Å². The Bertz CT molecular complexity index is 224. The van der Waals surface area contributed by atoms with Crippen molar-refractivity contribution in [2.75, 3.05) is 0 Å². The molecule has 0 N–H and O–H groups in total. The number of halogens is 5. The van der Waals surface area contributed by atoms with Gasteiger partial charge < -0.3 is 12.9 Å². The van der Waals surface area contributed by atoms with Crippen LogP contribution in [0.2, 0.25) is 5.31 Å². The quantitative estimate of drug-likeness (QED) is 0.458. The number of hydrogen-bond acceptors (Lipinski definition) is 0. The maximum Gasteiger partial charge on any atom is 1.00 e. The molecule has 2 fully saturated rings. The molecule has 2 rings (SSSR count). The Balaban J connectivity index is 0.000000845. The van der Waals surface area contributed by atoms with E-state index in [2.05, 4.69) is 0 Å². The van der Waals surface area contributed by atoms with Gasteiger partial charge in [0.2, 0.25) is 5.92 Å². The van der Waals surface area contributed by atoms with Gasteiger partial charge in [-0.15, -0.1) is 0 Å². The molecule has 2 saturated carbocycles. The molecule has 70 valence electrons. The third-order valence-electron chi connectivity index (χ3n) is 2.96. The molecule has 0 aromatic carbocycles. The normalized spacial score (nSPS) is 36.7. The SMILES string of the molecule is F[B-](F)(F)C1(C2CC2)CC1(F)F.[K+]. The van der Waals surface area contributed by atoms with Crippen molar-refractivity contribution < 1.29 is 73.1 Å². The summed E-state index contributed by atoms with van der Waals surface area (Å²) < 4.78 is 61.9. The summed E-state index contributed by atoms with van der Waals surface area (Å²) in [5.74, 6) is -4.25. The summed E-state index contributed by atoms with van der Waals surface area (Å²) >= 11 is 0. The Kier molecular flexibility index (Phi) is 3.03. The van der Waals surface area contributed by atoms with Crippen LogP contribution in [0.25, 0.3) is 0 Å². The smallest absolute Gasteiger partial charge is 0.448 e. The van der Waals surface area contributed by atoms with Crippen LogP contribution in [-0.2, 0) is 0 Å². The first-order chi connectivity index (χ1) is 5.31. The third-order valence-corrected chi connectivity index (χ3v) is 2.96. The van der Waals surface area contributed by atoms with Crippen LogP contribution < -0.4 is 51.4 Å². The number of rotatable bonds is 2. The molecule has 0 aliphatic heterocycles. The van der Waals surface area contributed by atoms with E-state index in [1.807, 2.05) is 0 Å². The molecular formula is C6H7BF5K. The zero-order chi connectivity index (χ0) is 9.20. The predicted molar refractivity (Wildman–Crippen MR) is 34.1 cm³/mol. The van der Waals surface area contributed by atoms with Crippen LogP contribution >= 0.6 is 0 Å². The Hall–Kier alpha value is 1.35. The fourth-order valence-electron chi connectivity index (χ4n) is 1.99. The van der Waals surface area contributed by atoms with Gasteiger partial charge in [-0.1, -0.05) is 18.8 Å². The number of hydrogen-bond donors (Lipinski definition) is 0. The van der Waals surface area contributed by atoms with Crippen LogP contribution in [0.3, 0.4) is 0 Å². The van der Waals surface area contributed by atoms with Crippen molar-refractivity contribution in [2.24, 2.45) is 5.92 Å². The summed E-state index contributed by atoms with van der Waals surface area (Å²) in [5, 5.41) is -2.58. The molecule has 0 radical (unpaired) electrons. The van der Waals surface area contributed by atoms with Crippen molar-refractivity contribution in [3.63, 3.8) is 0 Å². The molecular weight excluding hydrogens is 217 g/mol. The zero-order valence-electron chi connectivity index (χ0n) is 7.17. The average molecular weight is 224 g/mol. The second kappa shape index (κ2) is 3.17. The minimum atomic E-state index is -5.37. The van der Waals surface area contributed by atoms with Crippen molar-refractivity contribution in [1.29, 1.82) is 0 Å². The predicted octanol–water partition coefficient (Wildman–Crippen LogP) is 0.0272. The molecule has 0 bridgehead atoms. The molecule has 1 atom stereocenters. The van der Waals surface area contributed by atoms with Crippen LogP contribution in [0.1, 0.15) is 19.3 Å². The Morgan fingerprint density at radius 1 is 1.08 bits per heavy atom. The van der Waals surface area contributed by atoms with Gasteiger partial charge in [0.05, 0.1) is 0 Å². The molecule has 0 spiro atoms. The molecule has 0 saturated heterocycles. The fourth-order valence-corrected chi connectivity index (χ4v) is 1.99. The molecule has 2 aliphatic rings. The van der Waals surface area contributed by atoms with Crippen molar-refractivity contribution in [3.05, 3.63) is 0 Å². The van der Waals surface area contributed by atoms with Gasteiger partial charge in [-0.25, -0.2) is 8.78 Å². The monoisotopic (exact) mass is 224 g/mol. The molecule has 0 aromatic heterocycles. The topological polar surface area (TPSA) is 0 Å². The van der Waals surface area contributed by atoms with Crippen LogP contribution in [0, 0.1) is 5.92 Å². The van der Waals surface area contributed by atoms with Gasteiger partial charge in [-0.3, -0.25) is 0 Å². The second-order valence-electron chi connectivity index (χ2n) is 3.77. The van der Waals surface area contributed by atoms with Crippen LogP contribution in [0.5, 0.6) is 0 Å². The summed E-state index contributed by atoms with van der Waals surface area (Å²) in [4.78, 5) is 0. The van der Waals surface area contributed by atoms with Gasteiger partial charge in [-0.05, 0) is 6.42 Å². The minimum Gasteiger partial charge on any atom is -0.448 e. The molecule has 13 heavy (non-hydrogen) atoms. The van der Waals surface area contributed by atoms with E-state index in [0.29, 0.717) is 12.8 Å². The summed E-state index contributed by atoms with van der Waals surface area (Å²) in [7, 11) is 0. The third kappa shape index (κ3) is 1.64. The second-order valence-corrected chi connectivity index (χ2v) is 3.77. The maximum atomic E-state index is 12.5. The summed E-state index contributed by atoms with van der Waals surface area (Å²) in [6, 6.07) is 0.